The number of hydrogen-bond acceptors (Lipinski definition) is 4. The fourth-order valence-electron chi connectivity index (χ4n) is 2.62. The SMILES string of the molecule is Clc1ccccc1CN1CCC(COc2cnccn2)C1. The molecule has 2 aromatic rings. The summed E-state index contributed by atoms with van der Waals surface area (Å²) in [7, 11) is 0. The first-order chi connectivity index (χ1) is 10.3. The van der Waals surface area contributed by atoms with Crippen molar-refractivity contribution in [3.05, 3.63) is 53.4 Å². The van der Waals surface area contributed by atoms with Gasteiger partial charge >= 0.3 is 0 Å². The number of aromatic nitrogens is 2. The average Bonchev–Trinajstić information content (AvgIpc) is 2.96. The smallest absolute Gasteiger partial charge is 0.232 e. The molecular formula is C16H18ClN3O. The van der Waals surface area contributed by atoms with Crippen LogP contribution in [0.5, 0.6) is 5.88 Å². The summed E-state index contributed by atoms with van der Waals surface area (Å²) in [5.74, 6) is 1.14. The number of likely N-dealkylation sites (tertiary alicyclic amines) is 1. The predicted molar refractivity (Wildman–Crippen MR) is 82.4 cm³/mol. The van der Waals surface area contributed by atoms with Crippen molar-refractivity contribution in [2.75, 3.05) is 19.7 Å². The van der Waals surface area contributed by atoms with Crippen molar-refractivity contribution in [1.82, 2.24) is 14.9 Å². The van der Waals surface area contributed by atoms with E-state index in [2.05, 4.69) is 20.9 Å². The Balaban J connectivity index is 1.48. The van der Waals surface area contributed by atoms with Crippen LogP contribution in [0.1, 0.15) is 12.0 Å². The minimum atomic E-state index is 0.537. The molecule has 2 heterocycles. The molecule has 1 aliphatic rings. The number of rotatable bonds is 5. The molecule has 0 amide bonds. The van der Waals surface area contributed by atoms with Gasteiger partial charge in [-0.05, 0) is 24.6 Å². The van der Waals surface area contributed by atoms with Crippen molar-refractivity contribution in [2.45, 2.75) is 13.0 Å². The van der Waals surface area contributed by atoms with E-state index in [1.54, 1.807) is 18.6 Å². The molecule has 1 unspecified atom stereocenters. The Kier molecular flexibility index (Phi) is 4.68. The van der Waals surface area contributed by atoms with Gasteiger partial charge in [-0.15, -0.1) is 0 Å². The van der Waals surface area contributed by atoms with Gasteiger partial charge in [-0.3, -0.25) is 9.88 Å². The Labute approximate surface area is 129 Å². The lowest BCUT2D eigenvalue weighted by molar-refractivity contribution is 0.231. The highest BCUT2D eigenvalue weighted by molar-refractivity contribution is 6.31. The second-order valence-corrected chi connectivity index (χ2v) is 5.74. The first kappa shape index (κ1) is 14.3. The number of nitrogens with zero attached hydrogens (tertiary/aromatic N) is 3. The summed E-state index contributed by atoms with van der Waals surface area (Å²) in [5, 5.41) is 0.844. The monoisotopic (exact) mass is 303 g/mol. The van der Waals surface area contributed by atoms with Crippen molar-refractivity contribution >= 4 is 11.6 Å². The van der Waals surface area contributed by atoms with Gasteiger partial charge in [-0.2, -0.15) is 0 Å². The molecule has 4 nitrogen and oxygen atoms in total. The van der Waals surface area contributed by atoms with Gasteiger partial charge in [0.25, 0.3) is 0 Å². The number of hydrogen-bond donors (Lipinski definition) is 0. The second-order valence-electron chi connectivity index (χ2n) is 5.34. The lowest BCUT2D eigenvalue weighted by Gasteiger charge is -2.17. The van der Waals surface area contributed by atoms with E-state index >= 15 is 0 Å². The largest absolute Gasteiger partial charge is 0.476 e. The van der Waals surface area contributed by atoms with E-state index in [4.69, 9.17) is 16.3 Å². The predicted octanol–water partition coefficient (Wildman–Crippen LogP) is 3.03. The van der Waals surface area contributed by atoms with Crippen molar-refractivity contribution in [2.24, 2.45) is 5.92 Å². The van der Waals surface area contributed by atoms with Gasteiger partial charge in [0.15, 0.2) is 0 Å². The van der Waals surface area contributed by atoms with Crippen LogP contribution in [0, 0.1) is 5.92 Å². The molecule has 1 aliphatic heterocycles. The maximum atomic E-state index is 6.21. The summed E-state index contributed by atoms with van der Waals surface area (Å²) >= 11 is 6.21. The molecule has 1 saturated heterocycles. The molecule has 1 fully saturated rings. The molecule has 5 heteroatoms. The molecule has 0 spiro atoms. The zero-order valence-electron chi connectivity index (χ0n) is 11.8. The summed E-state index contributed by atoms with van der Waals surface area (Å²) in [6.07, 6.45) is 6.09. The van der Waals surface area contributed by atoms with Crippen LogP contribution in [0.3, 0.4) is 0 Å². The lowest BCUT2D eigenvalue weighted by atomic mass is 10.1. The van der Waals surface area contributed by atoms with Crippen LogP contribution >= 0.6 is 11.6 Å². The summed E-state index contributed by atoms with van der Waals surface area (Å²) in [6, 6.07) is 8.03. The quantitative estimate of drug-likeness (QED) is 0.851. The van der Waals surface area contributed by atoms with Gasteiger partial charge in [0, 0.05) is 36.4 Å². The Bertz CT molecular complexity index is 579. The topological polar surface area (TPSA) is 38.2 Å². The Morgan fingerprint density at radius 2 is 2.19 bits per heavy atom. The van der Waals surface area contributed by atoms with Crippen LogP contribution in [0.4, 0.5) is 0 Å². The van der Waals surface area contributed by atoms with Crippen molar-refractivity contribution in [1.29, 1.82) is 0 Å². The molecule has 0 aliphatic carbocycles. The number of halogens is 1. The fraction of sp³-hybridized carbons (Fsp3) is 0.375. The van der Waals surface area contributed by atoms with Gasteiger partial charge in [0.2, 0.25) is 5.88 Å². The molecule has 0 radical (unpaired) electrons. The van der Waals surface area contributed by atoms with Crippen molar-refractivity contribution in [3.8, 4) is 5.88 Å². The van der Waals surface area contributed by atoms with Crippen LogP contribution in [-0.4, -0.2) is 34.6 Å². The van der Waals surface area contributed by atoms with Crippen molar-refractivity contribution in [3.63, 3.8) is 0 Å². The normalized spacial score (nSPS) is 18.8. The van der Waals surface area contributed by atoms with Gasteiger partial charge < -0.3 is 4.74 Å². The van der Waals surface area contributed by atoms with Crippen LogP contribution in [0.15, 0.2) is 42.9 Å². The zero-order valence-corrected chi connectivity index (χ0v) is 12.5. The second kappa shape index (κ2) is 6.87. The van der Waals surface area contributed by atoms with E-state index in [0.717, 1.165) is 31.1 Å². The Hall–Kier alpha value is -1.65. The summed E-state index contributed by atoms with van der Waals surface area (Å²) in [4.78, 5) is 10.5. The zero-order chi connectivity index (χ0) is 14.5. The number of benzene rings is 1. The molecule has 1 aromatic heterocycles. The molecule has 1 atom stereocenters. The first-order valence-corrected chi connectivity index (χ1v) is 7.53. The van der Waals surface area contributed by atoms with E-state index in [1.807, 2.05) is 18.2 Å². The molecule has 0 bridgehead atoms. The molecule has 0 saturated carbocycles. The van der Waals surface area contributed by atoms with Crippen LogP contribution < -0.4 is 4.74 Å². The van der Waals surface area contributed by atoms with E-state index in [1.165, 1.54) is 5.56 Å². The van der Waals surface area contributed by atoms with E-state index in [9.17, 15) is 0 Å². The van der Waals surface area contributed by atoms with Gasteiger partial charge in [-0.1, -0.05) is 29.8 Å². The molecule has 0 N–H and O–H groups in total. The van der Waals surface area contributed by atoms with Crippen LogP contribution in [-0.2, 0) is 6.54 Å². The van der Waals surface area contributed by atoms with Gasteiger partial charge in [0.05, 0.1) is 12.8 Å². The molecule has 21 heavy (non-hydrogen) atoms. The summed E-state index contributed by atoms with van der Waals surface area (Å²) in [5.41, 5.74) is 1.19. The van der Waals surface area contributed by atoms with E-state index < -0.39 is 0 Å². The lowest BCUT2D eigenvalue weighted by Crippen LogP contribution is -2.22. The van der Waals surface area contributed by atoms with Gasteiger partial charge in [0.1, 0.15) is 0 Å². The summed E-state index contributed by atoms with van der Waals surface area (Å²) < 4.78 is 5.69. The maximum Gasteiger partial charge on any atom is 0.232 e. The maximum absolute atomic E-state index is 6.21. The number of ether oxygens (including phenoxy) is 1. The Morgan fingerprint density at radius 3 is 3.00 bits per heavy atom. The first-order valence-electron chi connectivity index (χ1n) is 7.16. The molecule has 1 aromatic carbocycles. The minimum Gasteiger partial charge on any atom is -0.476 e. The highest BCUT2D eigenvalue weighted by Crippen LogP contribution is 2.22. The third-order valence-corrected chi connectivity index (χ3v) is 4.10. The Morgan fingerprint density at radius 1 is 1.29 bits per heavy atom. The molecular weight excluding hydrogens is 286 g/mol. The third kappa shape index (κ3) is 3.93. The highest BCUT2D eigenvalue weighted by atomic mass is 35.5. The van der Waals surface area contributed by atoms with Crippen LogP contribution in [0.2, 0.25) is 5.02 Å². The third-order valence-electron chi connectivity index (χ3n) is 3.73. The van der Waals surface area contributed by atoms with Crippen molar-refractivity contribution < 1.29 is 4.74 Å². The minimum absolute atomic E-state index is 0.537. The highest BCUT2D eigenvalue weighted by Gasteiger charge is 2.23. The molecule has 3 rings (SSSR count). The van der Waals surface area contributed by atoms with E-state index in [-0.39, 0.29) is 0 Å². The van der Waals surface area contributed by atoms with Gasteiger partial charge in [-0.25, -0.2) is 4.98 Å². The standard InChI is InChI=1S/C16H18ClN3O/c17-15-4-2-1-3-14(15)11-20-8-5-13(10-20)12-21-16-9-18-6-7-19-16/h1-4,6-7,9,13H,5,8,10-12H2. The van der Waals surface area contributed by atoms with E-state index in [0.29, 0.717) is 18.4 Å². The average molecular weight is 304 g/mol. The molecule has 110 valence electrons. The van der Waals surface area contributed by atoms with Crippen LogP contribution in [0.25, 0.3) is 0 Å². The fourth-order valence-corrected chi connectivity index (χ4v) is 2.82. The summed E-state index contributed by atoms with van der Waals surface area (Å²) in [6.45, 7) is 3.71.